The van der Waals surface area contributed by atoms with E-state index in [0.717, 1.165) is 5.75 Å². The van der Waals surface area contributed by atoms with Crippen molar-refractivity contribution in [2.45, 2.75) is 100 Å². The van der Waals surface area contributed by atoms with Gasteiger partial charge in [-0.15, -0.1) is 0 Å². The third-order valence-electron chi connectivity index (χ3n) is 7.20. The van der Waals surface area contributed by atoms with E-state index in [1.807, 2.05) is 0 Å². The van der Waals surface area contributed by atoms with E-state index in [2.05, 4.69) is 113 Å². The van der Waals surface area contributed by atoms with Gasteiger partial charge in [-0.1, -0.05) is 107 Å². The summed E-state index contributed by atoms with van der Waals surface area (Å²) in [5, 5.41) is 0. The molecule has 1 aromatic rings. The summed E-state index contributed by atoms with van der Waals surface area (Å²) in [6.07, 6.45) is 6.86. The van der Waals surface area contributed by atoms with E-state index in [1.165, 1.54) is 22.3 Å². The standard InChI is InChI=1S/C28H43O2P/c1-24(2,3)18-16-20-19-14-13-15-28(26(7,8)9,27(10,11)12)23(19)30-31-29-22(20)21(17-18)25(4,5)6/h13-17,23,31H,1-12H3. The van der Waals surface area contributed by atoms with Gasteiger partial charge in [0.05, 0.1) is 0 Å². The Bertz CT molecular complexity index is 895. The zero-order valence-electron chi connectivity index (χ0n) is 21.8. The molecule has 3 rings (SSSR count). The van der Waals surface area contributed by atoms with Crippen molar-refractivity contribution in [3.8, 4) is 5.75 Å². The van der Waals surface area contributed by atoms with Gasteiger partial charge >= 0.3 is 0 Å². The van der Waals surface area contributed by atoms with Crippen molar-refractivity contribution in [3.63, 3.8) is 0 Å². The second-order valence-electron chi connectivity index (χ2n) is 13.4. The van der Waals surface area contributed by atoms with Crippen LogP contribution in [0.3, 0.4) is 0 Å². The Morgan fingerprint density at radius 1 is 0.806 bits per heavy atom. The lowest BCUT2D eigenvalue weighted by atomic mass is 9.49. The summed E-state index contributed by atoms with van der Waals surface area (Å²) in [4.78, 5) is 0. The summed E-state index contributed by atoms with van der Waals surface area (Å²) in [7, 11) is -0.0192. The Balaban J connectivity index is 2.36. The molecule has 3 heteroatoms. The molecule has 1 aliphatic heterocycles. The maximum Gasteiger partial charge on any atom is 0.216 e. The molecule has 1 aliphatic carbocycles. The Labute approximate surface area is 192 Å². The summed E-state index contributed by atoms with van der Waals surface area (Å²) in [6, 6.07) is 4.71. The van der Waals surface area contributed by atoms with Gasteiger partial charge in [0.25, 0.3) is 0 Å². The van der Waals surface area contributed by atoms with Crippen LogP contribution in [0.5, 0.6) is 5.75 Å². The van der Waals surface area contributed by atoms with E-state index in [-0.39, 0.29) is 42.2 Å². The third kappa shape index (κ3) is 4.04. The Kier molecular flexibility index (Phi) is 5.90. The summed E-state index contributed by atoms with van der Waals surface area (Å²) in [5.41, 5.74) is 4.95. The second-order valence-corrected chi connectivity index (χ2v) is 14.0. The number of hydrogen-bond donors (Lipinski definition) is 0. The molecule has 2 nitrogen and oxygen atoms in total. The Hall–Kier alpha value is -1.11. The van der Waals surface area contributed by atoms with Gasteiger partial charge in [-0.25, -0.2) is 0 Å². The highest BCUT2D eigenvalue weighted by molar-refractivity contribution is 7.26. The molecule has 0 N–H and O–H groups in total. The van der Waals surface area contributed by atoms with Crippen LogP contribution in [0.25, 0.3) is 5.57 Å². The molecule has 0 spiro atoms. The number of fused-ring (bicyclic) bond motifs is 3. The Morgan fingerprint density at radius 3 is 1.87 bits per heavy atom. The topological polar surface area (TPSA) is 18.5 Å². The van der Waals surface area contributed by atoms with Crippen LogP contribution in [0, 0.1) is 16.2 Å². The average molecular weight is 443 g/mol. The van der Waals surface area contributed by atoms with Gasteiger partial charge in [-0.05, 0) is 38.9 Å². The molecular formula is C28H43O2P. The fourth-order valence-electron chi connectivity index (χ4n) is 5.58. The van der Waals surface area contributed by atoms with Gasteiger partial charge in [0.1, 0.15) is 11.9 Å². The van der Waals surface area contributed by atoms with Crippen molar-refractivity contribution in [1.29, 1.82) is 0 Å². The van der Waals surface area contributed by atoms with Gasteiger partial charge in [0.15, 0.2) is 0 Å². The van der Waals surface area contributed by atoms with Gasteiger partial charge in [-0.3, -0.25) is 0 Å². The summed E-state index contributed by atoms with van der Waals surface area (Å²) in [5.74, 6) is 1.000. The summed E-state index contributed by atoms with van der Waals surface area (Å²) in [6.45, 7) is 27.8. The van der Waals surface area contributed by atoms with Crippen LogP contribution in [0.4, 0.5) is 0 Å². The smallest absolute Gasteiger partial charge is 0.216 e. The fourth-order valence-corrected chi connectivity index (χ4v) is 6.34. The van der Waals surface area contributed by atoms with Crippen molar-refractivity contribution in [3.05, 3.63) is 47.1 Å². The zero-order chi connectivity index (χ0) is 23.6. The van der Waals surface area contributed by atoms with Crippen LogP contribution in [-0.4, -0.2) is 6.10 Å². The van der Waals surface area contributed by atoms with E-state index in [4.69, 9.17) is 9.05 Å². The molecule has 2 unspecified atom stereocenters. The molecule has 2 aliphatic rings. The number of rotatable bonds is 0. The lowest BCUT2D eigenvalue weighted by Gasteiger charge is -2.56. The molecule has 0 bridgehead atoms. The van der Waals surface area contributed by atoms with Crippen molar-refractivity contribution in [2.75, 3.05) is 0 Å². The van der Waals surface area contributed by atoms with Crippen molar-refractivity contribution >= 4 is 14.6 Å². The predicted octanol–water partition coefficient (Wildman–Crippen LogP) is 8.60. The maximum absolute atomic E-state index is 6.64. The lowest BCUT2D eigenvalue weighted by Crippen LogP contribution is -2.54. The number of hydrogen-bond acceptors (Lipinski definition) is 2. The van der Waals surface area contributed by atoms with Gasteiger partial charge < -0.3 is 9.05 Å². The van der Waals surface area contributed by atoms with Crippen molar-refractivity contribution in [2.24, 2.45) is 16.2 Å². The normalized spacial score (nSPS) is 22.3. The van der Waals surface area contributed by atoms with Crippen LogP contribution in [0.1, 0.15) is 99.8 Å². The first-order valence-electron chi connectivity index (χ1n) is 11.6. The minimum Gasteiger partial charge on any atom is -0.449 e. The molecule has 0 radical (unpaired) electrons. The first kappa shape index (κ1) is 24.5. The molecule has 0 aromatic heterocycles. The Morgan fingerprint density at radius 2 is 1.39 bits per heavy atom. The van der Waals surface area contributed by atoms with Crippen LogP contribution in [-0.2, 0) is 15.4 Å². The van der Waals surface area contributed by atoms with Crippen LogP contribution < -0.4 is 4.52 Å². The van der Waals surface area contributed by atoms with Gasteiger partial charge in [-0.2, -0.15) is 0 Å². The molecule has 0 saturated carbocycles. The highest BCUT2D eigenvalue weighted by Crippen LogP contribution is 2.62. The van der Waals surface area contributed by atoms with Crippen LogP contribution in [0.2, 0.25) is 0 Å². The molecule has 1 aromatic carbocycles. The van der Waals surface area contributed by atoms with E-state index in [0.29, 0.717) is 0 Å². The van der Waals surface area contributed by atoms with E-state index in [1.54, 1.807) is 0 Å². The molecule has 0 fully saturated rings. The molecule has 1 heterocycles. The fraction of sp³-hybridized carbons (Fsp3) is 0.643. The minimum absolute atomic E-state index is 0.00933. The van der Waals surface area contributed by atoms with E-state index >= 15 is 0 Å². The molecule has 2 atom stereocenters. The molecule has 172 valence electrons. The summed E-state index contributed by atoms with van der Waals surface area (Å²) >= 11 is 0. The maximum atomic E-state index is 6.64. The van der Waals surface area contributed by atoms with Crippen molar-refractivity contribution in [1.82, 2.24) is 0 Å². The van der Waals surface area contributed by atoms with Gasteiger partial charge in [0, 0.05) is 16.5 Å². The quantitative estimate of drug-likeness (QED) is 0.374. The van der Waals surface area contributed by atoms with Crippen LogP contribution in [0.15, 0.2) is 30.4 Å². The number of allylic oxidation sites excluding steroid dienone is 2. The van der Waals surface area contributed by atoms with Crippen molar-refractivity contribution < 1.29 is 9.05 Å². The average Bonchev–Trinajstić information content (AvgIpc) is 2.76. The third-order valence-corrected chi connectivity index (χ3v) is 7.82. The SMILES string of the molecule is CC(C)(C)c1cc2c(c(C(C)(C)C)c1)OPOC1C2=CC=CC1(C(C)(C)C)C(C)(C)C. The molecular weight excluding hydrogens is 399 g/mol. The lowest BCUT2D eigenvalue weighted by molar-refractivity contribution is -0.0516. The van der Waals surface area contributed by atoms with E-state index in [9.17, 15) is 0 Å². The minimum atomic E-state index is -0.165. The van der Waals surface area contributed by atoms with E-state index < -0.39 is 0 Å². The largest absolute Gasteiger partial charge is 0.449 e. The second kappa shape index (κ2) is 7.46. The van der Waals surface area contributed by atoms with Crippen LogP contribution >= 0.6 is 9.03 Å². The zero-order valence-corrected chi connectivity index (χ0v) is 22.8. The predicted molar refractivity (Wildman–Crippen MR) is 136 cm³/mol. The molecule has 0 saturated heterocycles. The highest BCUT2D eigenvalue weighted by atomic mass is 31.1. The summed E-state index contributed by atoms with van der Waals surface area (Å²) < 4.78 is 13.1. The van der Waals surface area contributed by atoms with Gasteiger partial charge in [0.2, 0.25) is 9.03 Å². The molecule has 0 amide bonds. The monoisotopic (exact) mass is 442 g/mol. The number of benzene rings is 1. The first-order valence-corrected chi connectivity index (χ1v) is 12.4. The highest BCUT2D eigenvalue weighted by Gasteiger charge is 2.57. The first-order chi connectivity index (χ1) is 13.9. The molecule has 31 heavy (non-hydrogen) atoms.